The highest BCUT2D eigenvalue weighted by Crippen LogP contribution is 2.22. The van der Waals surface area contributed by atoms with E-state index in [1.807, 2.05) is 29.2 Å². The molecule has 1 fully saturated rings. The maximum absolute atomic E-state index is 12.7. The maximum Gasteiger partial charge on any atom is 0.315 e. The summed E-state index contributed by atoms with van der Waals surface area (Å²) in [5.41, 5.74) is 1.56. The molecule has 0 spiro atoms. The number of nitrogens with one attached hydrogen (secondary N) is 2. The second-order valence-electron chi connectivity index (χ2n) is 8.74. The van der Waals surface area contributed by atoms with Crippen LogP contribution in [0.25, 0.3) is 0 Å². The molecule has 4 N–H and O–H groups in total. The van der Waals surface area contributed by atoms with Crippen molar-refractivity contribution >= 4 is 6.03 Å². The number of amides is 2. The van der Waals surface area contributed by atoms with E-state index < -0.39 is 24.3 Å². The van der Waals surface area contributed by atoms with E-state index >= 15 is 0 Å². The average molecular weight is 490 g/mol. The number of β-amino-alcohol motifs (C(OH)–C–C–N with tert-alkyl or cyclic N) is 1. The number of urea groups is 1. The molecule has 1 heterocycles. The molecule has 2 aromatic carbocycles. The Morgan fingerprint density at radius 1 is 1.14 bits per heavy atom. The topological polar surface area (TPSA) is 103 Å². The Bertz CT molecular complexity index is 897. The molecule has 1 aliphatic heterocycles. The maximum atomic E-state index is 12.7. The molecule has 9 heteroatoms. The zero-order valence-electron chi connectivity index (χ0n) is 20.2. The van der Waals surface area contributed by atoms with Gasteiger partial charge in [-0.3, -0.25) is 9.29 Å². The van der Waals surface area contributed by atoms with Crippen LogP contribution >= 0.6 is 0 Å². The highest BCUT2D eigenvalue weighted by molar-refractivity contribution is 5.74. The fourth-order valence-electron chi connectivity index (χ4n) is 4.01. The van der Waals surface area contributed by atoms with E-state index in [-0.39, 0.29) is 6.67 Å². The van der Waals surface area contributed by atoms with Crippen LogP contribution in [-0.4, -0.2) is 73.3 Å². The van der Waals surface area contributed by atoms with Gasteiger partial charge in [-0.05, 0) is 54.7 Å². The number of rotatable bonds is 13. The number of aliphatic hydroxyl groups excluding tert-OH is 2. The lowest BCUT2D eigenvalue weighted by Gasteiger charge is -2.29. The Hall–Kier alpha value is -2.88. The van der Waals surface area contributed by atoms with Gasteiger partial charge in [-0.1, -0.05) is 24.3 Å². The van der Waals surface area contributed by atoms with Crippen molar-refractivity contribution in [3.05, 3.63) is 59.7 Å². The van der Waals surface area contributed by atoms with Crippen molar-refractivity contribution in [3.8, 4) is 11.5 Å². The first kappa shape index (κ1) is 26.7. The Morgan fingerprint density at radius 3 is 2.49 bits per heavy atom. The molecule has 1 unspecified atom stereocenters. The van der Waals surface area contributed by atoms with Gasteiger partial charge in [-0.15, -0.1) is 0 Å². The number of nitrogens with zero attached hydrogens (tertiary/aromatic N) is 1. The SMILES string of the molecule is COc1ccc(CNC(=O)N[C@H](CN2CCC(O)C2)[C@H](O)c2ccc(OCCCCF)cc2)cc1. The third kappa shape index (κ3) is 8.69. The molecule has 3 rings (SSSR count). The highest BCUT2D eigenvalue weighted by Gasteiger charge is 2.29. The summed E-state index contributed by atoms with van der Waals surface area (Å²) in [6, 6.07) is 13.5. The number of unbranched alkanes of at least 4 members (excludes halogenated alkanes) is 1. The minimum absolute atomic E-state index is 0.329. The fourth-order valence-corrected chi connectivity index (χ4v) is 4.01. The average Bonchev–Trinajstić information content (AvgIpc) is 3.29. The van der Waals surface area contributed by atoms with Crippen molar-refractivity contribution in [2.24, 2.45) is 0 Å². The van der Waals surface area contributed by atoms with Gasteiger partial charge < -0.3 is 30.3 Å². The zero-order valence-corrected chi connectivity index (χ0v) is 20.2. The van der Waals surface area contributed by atoms with E-state index in [1.165, 1.54) is 0 Å². The summed E-state index contributed by atoms with van der Waals surface area (Å²) in [5.74, 6) is 1.38. The molecule has 1 aliphatic rings. The molecule has 2 aromatic rings. The second kappa shape index (κ2) is 13.9. The Kier molecular flexibility index (Phi) is 10.6. The van der Waals surface area contributed by atoms with Crippen molar-refractivity contribution in [3.63, 3.8) is 0 Å². The van der Waals surface area contributed by atoms with Crippen molar-refractivity contribution in [2.45, 2.75) is 44.1 Å². The summed E-state index contributed by atoms with van der Waals surface area (Å²) in [4.78, 5) is 14.7. The zero-order chi connectivity index (χ0) is 25.0. The van der Waals surface area contributed by atoms with Crippen LogP contribution in [0.1, 0.15) is 36.5 Å². The lowest BCUT2D eigenvalue weighted by molar-refractivity contribution is 0.104. The monoisotopic (exact) mass is 489 g/mol. The number of likely N-dealkylation sites (tertiary alicyclic amines) is 1. The number of methoxy groups -OCH3 is 1. The molecule has 0 bridgehead atoms. The van der Waals surface area contributed by atoms with Crippen LogP contribution in [0.15, 0.2) is 48.5 Å². The highest BCUT2D eigenvalue weighted by atomic mass is 19.1. The largest absolute Gasteiger partial charge is 0.497 e. The summed E-state index contributed by atoms with van der Waals surface area (Å²) in [6.07, 6.45) is 0.419. The number of hydrogen-bond donors (Lipinski definition) is 4. The minimum atomic E-state index is -0.958. The predicted molar refractivity (Wildman–Crippen MR) is 131 cm³/mol. The number of ether oxygens (including phenoxy) is 2. The van der Waals surface area contributed by atoms with Gasteiger partial charge >= 0.3 is 6.03 Å². The van der Waals surface area contributed by atoms with Gasteiger partial charge in [-0.25, -0.2) is 4.79 Å². The number of aliphatic hydroxyl groups is 2. The number of hydrogen-bond acceptors (Lipinski definition) is 6. The van der Waals surface area contributed by atoms with Crippen LogP contribution in [0.5, 0.6) is 11.5 Å². The molecule has 3 atom stereocenters. The normalized spacial score (nSPS) is 17.5. The van der Waals surface area contributed by atoms with Crippen molar-refractivity contribution < 1.29 is 28.9 Å². The molecule has 0 aromatic heterocycles. The molecule has 0 saturated carbocycles. The van der Waals surface area contributed by atoms with Gasteiger partial charge in [0.05, 0.1) is 32.5 Å². The molecular formula is C26H36FN3O5. The van der Waals surface area contributed by atoms with E-state index in [2.05, 4.69) is 10.6 Å². The van der Waals surface area contributed by atoms with Gasteiger partial charge in [0.2, 0.25) is 0 Å². The first-order valence-electron chi connectivity index (χ1n) is 12.0. The third-order valence-corrected chi connectivity index (χ3v) is 6.03. The summed E-state index contributed by atoms with van der Waals surface area (Å²) < 4.78 is 23.0. The van der Waals surface area contributed by atoms with Gasteiger partial charge in [0.1, 0.15) is 17.6 Å². The van der Waals surface area contributed by atoms with E-state index in [1.54, 1.807) is 31.4 Å². The third-order valence-electron chi connectivity index (χ3n) is 6.03. The van der Waals surface area contributed by atoms with E-state index in [4.69, 9.17) is 9.47 Å². The van der Waals surface area contributed by atoms with Crippen LogP contribution in [-0.2, 0) is 6.54 Å². The molecule has 1 saturated heterocycles. The molecular weight excluding hydrogens is 453 g/mol. The molecule has 8 nitrogen and oxygen atoms in total. The Morgan fingerprint density at radius 2 is 1.86 bits per heavy atom. The smallest absolute Gasteiger partial charge is 0.315 e. The van der Waals surface area contributed by atoms with Crippen LogP contribution in [0.3, 0.4) is 0 Å². The molecule has 2 amide bonds. The summed E-state index contributed by atoms with van der Waals surface area (Å²) in [6.45, 7) is 2.01. The Balaban J connectivity index is 1.60. The van der Waals surface area contributed by atoms with Crippen LogP contribution in [0.2, 0.25) is 0 Å². The van der Waals surface area contributed by atoms with Crippen molar-refractivity contribution in [1.29, 1.82) is 0 Å². The Labute approximate surface area is 206 Å². The van der Waals surface area contributed by atoms with Gasteiger partial charge in [-0.2, -0.15) is 0 Å². The number of alkyl halides is 1. The first-order valence-corrected chi connectivity index (χ1v) is 12.0. The number of halogens is 1. The van der Waals surface area contributed by atoms with Crippen molar-refractivity contribution in [1.82, 2.24) is 15.5 Å². The molecule has 0 radical (unpaired) electrons. The van der Waals surface area contributed by atoms with Crippen LogP contribution in [0.4, 0.5) is 9.18 Å². The fraction of sp³-hybridized carbons (Fsp3) is 0.500. The second-order valence-corrected chi connectivity index (χ2v) is 8.74. The summed E-state index contributed by atoms with van der Waals surface area (Å²) in [5, 5.41) is 26.7. The van der Waals surface area contributed by atoms with E-state index in [9.17, 15) is 19.4 Å². The first-order chi connectivity index (χ1) is 17.0. The van der Waals surface area contributed by atoms with E-state index in [0.29, 0.717) is 63.4 Å². The van der Waals surface area contributed by atoms with Gasteiger partial charge in [0, 0.05) is 26.2 Å². The van der Waals surface area contributed by atoms with E-state index in [0.717, 1.165) is 11.3 Å². The van der Waals surface area contributed by atoms with Crippen molar-refractivity contribution in [2.75, 3.05) is 40.0 Å². The minimum Gasteiger partial charge on any atom is -0.497 e. The lowest BCUT2D eigenvalue weighted by atomic mass is 10.0. The molecule has 192 valence electrons. The molecule has 0 aliphatic carbocycles. The molecule has 35 heavy (non-hydrogen) atoms. The summed E-state index contributed by atoms with van der Waals surface area (Å²) in [7, 11) is 1.60. The van der Waals surface area contributed by atoms with Crippen LogP contribution < -0.4 is 20.1 Å². The number of carbonyl (C=O) groups excluding carboxylic acids is 1. The summed E-state index contributed by atoms with van der Waals surface area (Å²) >= 11 is 0. The lowest BCUT2D eigenvalue weighted by Crippen LogP contribution is -2.50. The number of benzene rings is 2. The van der Waals surface area contributed by atoms with Gasteiger partial charge in [0.25, 0.3) is 0 Å². The standard InChI is InChI=1S/C26H36FN3O5/c1-34-22-8-4-19(5-9-22)16-28-26(33)29-24(18-30-14-12-21(31)17-30)25(32)20-6-10-23(11-7-20)35-15-3-2-13-27/h4-11,21,24-25,31-32H,2-3,12-18H2,1H3,(H2,28,29,33)/t21?,24-,25-/m1/s1. The number of carbonyl (C=O) groups is 1. The van der Waals surface area contributed by atoms with Gasteiger partial charge in [0.15, 0.2) is 0 Å². The quantitative estimate of drug-likeness (QED) is 0.323. The predicted octanol–water partition coefficient (Wildman–Crippen LogP) is 2.79. The van der Waals surface area contributed by atoms with Crippen LogP contribution in [0, 0.1) is 0 Å².